The van der Waals surface area contributed by atoms with Crippen molar-refractivity contribution in [1.29, 1.82) is 0 Å². The van der Waals surface area contributed by atoms with Crippen molar-refractivity contribution >= 4 is 9.84 Å². The number of rotatable bonds is 8. The van der Waals surface area contributed by atoms with Gasteiger partial charge in [0.05, 0.1) is 16.8 Å². The van der Waals surface area contributed by atoms with Crippen molar-refractivity contribution < 1.29 is 13.5 Å². The van der Waals surface area contributed by atoms with E-state index in [0.29, 0.717) is 10.8 Å². The second kappa shape index (κ2) is 9.23. The molecule has 0 aromatic heterocycles. The van der Waals surface area contributed by atoms with Gasteiger partial charge in [0.25, 0.3) is 0 Å². The molecule has 0 radical (unpaired) electrons. The maximum Gasteiger partial charge on any atom is 0.179 e. The summed E-state index contributed by atoms with van der Waals surface area (Å²) >= 11 is 0. The lowest BCUT2D eigenvalue weighted by Gasteiger charge is -2.23. The van der Waals surface area contributed by atoms with Crippen LogP contribution in [0.3, 0.4) is 0 Å². The van der Waals surface area contributed by atoms with Gasteiger partial charge in [-0.15, -0.1) is 0 Å². The van der Waals surface area contributed by atoms with Gasteiger partial charge in [-0.05, 0) is 46.4 Å². The van der Waals surface area contributed by atoms with E-state index in [9.17, 15) is 13.5 Å². The first-order chi connectivity index (χ1) is 13.0. The van der Waals surface area contributed by atoms with E-state index in [1.54, 1.807) is 0 Å². The monoisotopic (exact) mass is 402 g/mol. The van der Waals surface area contributed by atoms with E-state index in [4.69, 9.17) is 0 Å². The van der Waals surface area contributed by atoms with Gasteiger partial charge in [-0.25, -0.2) is 8.42 Å². The highest BCUT2D eigenvalue weighted by Crippen LogP contribution is 2.36. The Morgan fingerprint density at radius 2 is 1.29 bits per heavy atom. The van der Waals surface area contributed by atoms with Gasteiger partial charge in [0.1, 0.15) is 0 Å². The van der Waals surface area contributed by atoms with Gasteiger partial charge < -0.3 is 5.11 Å². The molecule has 4 heteroatoms. The second-order valence-corrected chi connectivity index (χ2v) is 10.6. The number of hydrogen-bond acceptors (Lipinski definition) is 3. The van der Waals surface area contributed by atoms with Crippen molar-refractivity contribution in [1.82, 2.24) is 0 Å². The van der Waals surface area contributed by atoms with Crippen LogP contribution in [0.1, 0.15) is 94.1 Å². The van der Waals surface area contributed by atoms with Crippen LogP contribution >= 0.6 is 0 Å². The van der Waals surface area contributed by atoms with E-state index in [-0.39, 0.29) is 24.0 Å². The Morgan fingerprint density at radius 3 is 1.71 bits per heavy atom. The molecular weight excluding hydrogens is 368 g/mol. The van der Waals surface area contributed by atoms with E-state index in [1.807, 2.05) is 58.0 Å². The Kier molecular flexibility index (Phi) is 7.46. The summed E-state index contributed by atoms with van der Waals surface area (Å²) in [6, 6.07) is 13.4. The molecule has 0 heterocycles. The van der Waals surface area contributed by atoms with Crippen molar-refractivity contribution in [3.8, 4) is 0 Å². The first kappa shape index (κ1) is 22.6. The Labute approximate surface area is 170 Å². The minimum absolute atomic E-state index is 0.0659. The van der Waals surface area contributed by atoms with E-state index in [1.165, 1.54) is 5.56 Å². The normalized spacial score (nSPS) is 13.5. The van der Waals surface area contributed by atoms with Crippen LogP contribution < -0.4 is 0 Å². The van der Waals surface area contributed by atoms with Crippen LogP contribution in [0, 0.1) is 0 Å². The summed E-state index contributed by atoms with van der Waals surface area (Å²) in [6.45, 7) is 12.4. The summed E-state index contributed by atoms with van der Waals surface area (Å²) in [5, 5.41) is 10.4. The largest absolute Gasteiger partial charge is 0.388 e. The van der Waals surface area contributed by atoms with Gasteiger partial charge in [0.15, 0.2) is 9.84 Å². The van der Waals surface area contributed by atoms with Crippen LogP contribution in [0.25, 0.3) is 0 Å². The summed E-state index contributed by atoms with van der Waals surface area (Å²) in [5.41, 5.74) is 3.71. The highest BCUT2D eigenvalue weighted by atomic mass is 32.2. The molecule has 0 fully saturated rings. The SMILES string of the molecule is CC(C)c1cc(C(C)C)c(S(=O)(=O)CC[C@H](O)c2ccccc2)c(C(C)C)c1. The first-order valence-corrected chi connectivity index (χ1v) is 11.8. The summed E-state index contributed by atoms with van der Waals surface area (Å²) < 4.78 is 26.8. The highest BCUT2D eigenvalue weighted by molar-refractivity contribution is 7.91. The van der Waals surface area contributed by atoms with Crippen molar-refractivity contribution in [2.45, 2.75) is 76.7 Å². The molecule has 0 spiro atoms. The van der Waals surface area contributed by atoms with Gasteiger partial charge >= 0.3 is 0 Å². The molecule has 0 aliphatic rings. The molecule has 154 valence electrons. The molecule has 0 bridgehead atoms. The van der Waals surface area contributed by atoms with E-state index in [2.05, 4.69) is 26.0 Å². The van der Waals surface area contributed by atoms with Crippen LogP contribution in [0.2, 0.25) is 0 Å². The predicted octanol–water partition coefficient (Wildman–Crippen LogP) is 5.95. The molecule has 1 atom stereocenters. The van der Waals surface area contributed by atoms with Gasteiger partial charge in [0, 0.05) is 0 Å². The zero-order valence-electron chi connectivity index (χ0n) is 17.9. The Hall–Kier alpha value is -1.65. The van der Waals surface area contributed by atoms with Gasteiger partial charge in [0.2, 0.25) is 0 Å². The summed E-state index contributed by atoms with van der Waals surface area (Å²) in [6.07, 6.45) is -0.594. The molecule has 0 saturated heterocycles. The lowest BCUT2D eigenvalue weighted by Crippen LogP contribution is -2.17. The molecule has 2 aromatic rings. The molecule has 0 aliphatic carbocycles. The third-order valence-corrected chi connectivity index (χ3v) is 7.10. The van der Waals surface area contributed by atoms with Crippen molar-refractivity contribution in [2.24, 2.45) is 0 Å². The molecule has 3 nitrogen and oxygen atoms in total. The number of sulfone groups is 1. The second-order valence-electron chi connectivity index (χ2n) is 8.53. The quantitative estimate of drug-likeness (QED) is 0.593. The standard InChI is InChI=1S/C24H34O3S/c1-16(2)20-14-21(17(3)4)24(22(15-20)18(5)6)28(26,27)13-12-23(25)19-10-8-7-9-11-19/h7-11,14-18,23,25H,12-13H2,1-6H3/t23-/m0/s1. The minimum atomic E-state index is -3.52. The number of aliphatic hydroxyl groups is 1. The Morgan fingerprint density at radius 1 is 0.786 bits per heavy atom. The molecule has 2 rings (SSSR count). The van der Waals surface area contributed by atoms with E-state index in [0.717, 1.165) is 16.7 Å². The molecule has 2 aromatic carbocycles. The molecule has 0 amide bonds. The fourth-order valence-corrected chi connectivity index (χ4v) is 5.50. The number of benzene rings is 2. The summed E-state index contributed by atoms with van der Waals surface area (Å²) in [5.74, 6) is 0.496. The first-order valence-electron chi connectivity index (χ1n) is 10.2. The minimum Gasteiger partial charge on any atom is -0.388 e. The van der Waals surface area contributed by atoms with E-state index < -0.39 is 15.9 Å². The maximum atomic E-state index is 13.4. The van der Waals surface area contributed by atoms with Crippen LogP contribution in [-0.4, -0.2) is 19.3 Å². The average Bonchev–Trinajstić information content (AvgIpc) is 2.65. The molecule has 0 saturated carbocycles. The van der Waals surface area contributed by atoms with Crippen LogP contribution in [0.5, 0.6) is 0 Å². The van der Waals surface area contributed by atoms with Gasteiger partial charge in [-0.2, -0.15) is 0 Å². The highest BCUT2D eigenvalue weighted by Gasteiger charge is 2.27. The third kappa shape index (κ3) is 5.24. The topological polar surface area (TPSA) is 54.4 Å². The fourth-order valence-electron chi connectivity index (χ4n) is 3.46. The zero-order valence-corrected chi connectivity index (χ0v) is 18.8. The Bertz CT molecular complexity index is 852. The molecule has 0 aliphatic heterocycles. The van der Waals surface area contributed by atoms with Crippen LogP contribution in [0.15, 0.2) is 47.4 Å². The lowest BCUT2D eigenvalue weighted by atomic mass is 9.89. The maximum absolute atomic E-state index is 13.4. The van der Waals surface area contributed by atoms with Gasteiger partial charge in [-0.3, -0.25) is 0 Å². The molecule has 28 heavy (non-hydrogen) atoms. The summed E-state index contributed by atoms with van der Waals surface area (Å²) in [4.78, 5) is 0.474. The van der Waals surface area contributed by atoms with Crippen LogP contribution in [-0.2, 0) is 9.84 Å². The van der Waals surface area contributed by atoms with Crippen molar-refractivity contribution in [3.05, 3.63) is 64.7 Å². The van der Waals surface area contributed by atoms with Crippen LogP contribution in [0.4, 0.5) is 0 Å². The van der Waals surface area contributed by atoms with Crippen molar-refractivity contribution in [2.75, 3.05) is 5.75 Å². The molecule has 1 N–H and O–H groups in total. The average molecular weight is 403 g/mol. The van der Waals surface area contributed by atoms with E-state index >= 15 is 0 Å². The van der Waals surface area contributed by atoms with Crippen molar-refractivity contribution in [3.63, 3.8) is 0 Å². The smallest absolute Gasteiger partial charge is 0.179 e. The lowest BCUT2D eigenvalue weighted by molar-refractivity contribution is 0.174. The summed E-state index contributed by atoms with van der Waals surface area (Å²) in [7, 11) is -3.52. The number of aliphatic hydroxyl groups excluding tert-OH is 1. The van der Waals surface area contributed by atoms with Gasteiger partial charge in [-0.1, -0.05) is 84.0 Å². The fraction of sp³-hybridized carbons (Fsp3) is 0.500. The molecular formula is C24H34O3S. The Balaban J connectivity index is 2.45. The third-order valence-electron chi connectivity index (χ3n) is 5.23. The number of hydrogen-bond donors (Lipinski definition) is 1. The zero-order chi connectivity index (χ0) is 21.1. The molecule has 0 unspecified atom stereocenters. The predicted molar refractivity (Wildman–Crippen MR) is 117 cm³/mol.